The molecule has 0 N–H and O–H groups in total. The number of aromatic nitrogens is 1. The molecular formula is C14H22N2. The molecule has 2 rings (SSSR count). The van der Waals surface area contributed by atoms with Crippen molar-refractivity contribution >= 4 is 5.69 Å². The Morgan fingerprint density at radius 2 is 2.00 bits per heavy atom. The van der Waals surface area contributed by atoms with Gasteiger partial charge in [-0.1, -0.05) is 20.8 Å². The number of nitrogens with zero attached hydrogens (tertiary/aromatic N) is 2. The van der Waals surface area contributed by atoms with Crippen molar-refractivity contribution in [2.24, 2.45) is 0 Å². The summed E-state index contributed by atoms with van der Waals surface area (Å²) in [5, 5.41) is 0. The van der Waals surface area contributed by atoms with Crippen LogP contribution in [-0.2, 0) is 6.42 Å². The lowest BCUT2D eigenvalue weighted by Gasteiger charge is -2.24. The Morgan fingerprint density at radius 3 is 2.56 bits per heavy atom. The molecule has 0 aliphatic carbocycles. The molecule has 0 atom stereocenters. The van der Waals surface area contributed by atoms with Crippen LogP contribution in [0.4, 0.5) is 5.69 Å². The van der Waals surface area contributed by atoms with Gasteiger partial charge in [0, 0.05) is 30.7 Å². The van der Waals surface area contributed by atoms with Crippen molar-refractivity contribution in [1.29, 1.82) is 0 Å². The first kappa shape index (κ1) is 11.4. The highest BCUT2D eigenvalue weighted by molar-refractivity contribution is 5.56. The maximum atomic E-state index is 4.52. The van der Waals surface area contributed by atoms with Crippen LogP contribution in [0.5, 0.6) is 0 Å². The normalized spacial score (nSPS) is 16.1. The summed E-state index contributed by atoms with van der Waals surface area (Å²) in [6.07, 6.45) is 5.68. The van der Waals surface area contributed by atoms with Crippen LogP contribution in [0.1, 0.15) is 50.8 Å². The zero-order valence-electron chi connectivity index (χ0n) is 10.7. The maximum absolute atomic E-state index is 4.52. The van der Waals surface area contributed by atoms with Crippen LogP contribution >= 0.6 is 0 Å². The molecular weight excluding hydrogens is 196 g/mol. The minimum atomic E-state index is 0.569. The average Bonchev–Trinajstić information content (AvgIpc) is 2.81. The van der Waals surface area contributed by atoms with E-state index in [1.165, 1.54) is 42.9 Å². The smallest absolute Gasteiger partial charge is 0.0456 e. The molecule has 2 heterocycles. The summed E-state index contributed by atoms with van der Waals surface area (Å²) >= 11 is 0. The zero-order valence-corrected chi connectivity index (χ0v) is 10.7. The Morgan fingerprint density at radius 1 is 1.31 bits per heavy atom. The Hall–Kier alpha value is -1.05. The summed E-state index contributed by atoms with van der Waals surface area (Å²) in [6, 6.07) is 2.19. The largest absolute Gasteiger partial charge is 0.371 e. The van der Waals surface area contributed by atoms with E-state index in [0.717, 1.165) is 6.42 Å². The molecule has 0 bridgehead atoms. The lowest BCUT2D eigenvalue weighted by Crippen LogP contribution is -2.20. The molecule has 1 aliphatic heterocycles. The number of hydrogen-bond donors (Lipinski definition) is 0. The second-order valence-corrected chi connectivity index (χ2v) is 4.89. The fourth-order valence-electron chi connectivity index (χ4n) is 2.65. The van der Waals surface area contributed by atoms with Crippen LogP contribution in [0.15, 0.2) is 12.3 Å². The van der Waals surface area contributed by atoms with E-state index in [9.17, 15) is 0 Å². The topological polar surface area (TPSA) is 16.1 Å². The predicted octanol–water partition coefficient (Wildman–Crippen LogP) is 3.37. The van der Waals surface area contributed by atoms with E-state index in [4.69, 9.17) is 0 Å². The van der Waals surface area contributed by atoms with Crippen molar-refractivity contribution < 1.29 is 0 Å². The molecule has 2 heteroatoms. The molecule has 1 aliphatic rings. The standard InChI is InChI=1S/C14H22N2/c1-4-12-14(11(2)3)13(7-8-15-12)16-9-5-6-10-16/h7-8,11H,4-6,9-10H2,1-3H3. The van der Waals surface area contributed by atoms with Crippen LogP contribution < -0.4 is 4.90 Å². The number of aryl methyl sites for hydroxylation is 1. The summed E-state index contributed by atoms with van der Waals surface area (Å²) < 4.78 is 0. The lowest BCUT2D eigenvalue weighted by atomic mass is 9.97. The minimum Gasteiger partial charge on any atom is -0.371 e. The molecule has 1 aromatic rings. The third-order valence-electron chi connectivity index (χ3n) is 3.41. The van der Waals surface area contributed by atoms with Crippen LogP contribution in [-0.4, -0.2) is 18.1 Å². The number of rotatable bonds is 3. The summed E-state index contributed by atoms with van der Waals surface area (Å²) in [4.78, 5) is 7.05. The maximum Gasteiger partial charge on any atom is 0.0456 e. The van der Waals surface area contributed by atoms with E-state index >= 15 is 0 Å². The van der Waals surface area contributed by atoms with Gasteiger partial charge in [0.2, 0.25) is 0 Å². The number of pyridine rings is 1. The zero-order chi connectivity index (χ0) is 11.5. The summed E-state index contributed by atoms with van der Waals surface area (Å²) in [6.45, 7) is 9.17. The van der Waals surface area contributed by atoms with E-state index < -0.39 is 0 Å². The average molecular weight is 218 g/mol. The lowest BCUT2D eigenvalue weighted by molar-refractivity contribution is 0.808. The van der Waals surface area contributed by atoms with Crippen LogP contribution in [0.2, 0.25) is 0 Å². The Labute approximate surface area is 98.7 Å². The third-order valence-corrected chi connectivity index (χ3v) is 3.41. The third kappa shape index (κ3) is 2.06. The summed E-state index contributed by atoms with van der Waals surface area (Å²) in [5.74, 6) is 0.569. The van der Waals surface area contributed by atoms with Crippen LogP contribution in [0.3, 0.4) is 0 Å². The minimum absolute atomic E-state index is 0.569. The van der Waals surface area contributed by atoms with Gasteiger partial charge in [-0.25, -0.2) is 0 Å². The van der Waals surface area contributed by atoms with Crippen LogP contribution in [0.25, 0.3) is 0 Å². The van der Waals surface area contributed by atoms with Crippen LogP contribution in [0, 0.1) is 0 Å². The van der Waals surface area contributed by atoms with Crippen molar-refractivity contribution in [2.75, 3.05) is 18.0 Å². The van der Waals surface area contributed by atoms with Gasteiger partial charge in [-0.2, -0.15) is 0 Å². The quantitative estimate of drug-likeness (QED) is 0.773. The van der Waals surface area contributed by atoms with Gasteiger partial charge in [-0.3, -0.25) is 4.98 Å². The summed E-state index contributed by atoms with van der Waals surface area (Å²) in [5.41, 5.74) is 4.17. The predicted molar refractivity (Wildman–Crippen MR) is 69.2 cm³/mol. The molecule has 16 heavy (non-hydrogen) atoms. The molecule has 0 amide bonds. The molecule has 0 aromatic carbocycles. The van der Waals surface area contributed by atoms with Gasteiger partial charge in [0.15, 0.2) is 0 Å². The molecule has 88 valence electrons. The van der Waals surface area contributed by atoms with Gasteiger partial charge in [-0.15, -0.1) is 0 Å². The second kappa shape index (κ2) is 4.86. The highest BCUT2D eigenvalue weighted by Crippen LogP contribution is 2.31. The molecule has 0 unspecified atom stereocenters. The fourth-order valence-corrected chi connectivity index (χ4v) is 2.65. The van der Waals surface area contributed by atoms with Crippen molar-refractivity contribution in [1.82, 2.24) is 4.98 Å². The monoisotopic (exact) mass is 218 g/mol. The molecule has 1 saturated heterocycles. The highest BCUT2D eigenvalue weighted by atomic mass is 15.1. The molecule has 0 saturated carbocycles. The van der Waals surface area contributed by atoms with E-state index in [-0.39, 0.29) is 0 Å². The molecule has 0 radical (unpaired) electrons. The molecule has 1 aromatic heterocycles. The van der Waals surface area contributed by atoms with E-state index in [1.54, 1.807) is 0 Å². The Bertz CT molecular complexity index is 352. The number of hydrogen-bond acceptors (Lipinski definition) is 2. The van der Waals surface area contributed by atoms with Crippen molar-refractivity contribution in [3.63, 3.8) is 0 Å². The molecule has 1 fully saturated rings. The van der Waals surface area contributed by atoms with Gasteiger partial charge in [0.1, 0.15) is 0 Å². The molecule has 2 nitrogen and oxygen atoms in total. The Kier molecular flexibility index (Phi) is 3.47. The van der Waals surface area contributed by atoms with Gasteiger partial charge >= 0.3 is 0 Å². The highest BCUT2D eigenvalue weighted by Gasteiger charge is 2.19. The first-order valence-electron chi connectivity index (χ1n) is 6.46. The first-order chi connectivity index (χ1) is 7.74. The van der Waals surface area contributed by atoms with Gasteiger partial charge < -0.3 is 4.90 Å². The molecule has 0 spiro atoms. The van der Waals surface area contributed by atoms with E-state index in [1.807, 2.05) is 6.20 Å². The fraction of sp³-hybridized carbons (Fsp3) is 0.643. The van der Waals surface area contributed by atoms with E-state index in [2.05, 4.69) is 36.7 Å². The van der Waals surface area contributed by atoms with Crippen molar-refractivity contribution in [2.45, 2.75) is 46.0 Å². The SMILES string of the molecule is CCc1nccc(N2CCCC2)c1C(C)C. The van der Waals surface area contributed by atoms with E-state index in [0.29, 0.717) is 5.92 Å². The number of anilines is 1. The van der Waals surface area contributed by atoms with Crippen molar-refractivity contribution in [3.8, 4) is 0 Å². The van der Waals surface area contributed by atoms with Gasteiger partial charge in [0.05, 0.1) is 0 Å². The van der Waals surface area contributed by atoms with Gasteiger partial charge in [-0.05, 0) is 36.8 Å². The van der Waals surface area contributed by atoms with Gasteiger partial charge in [0.25, 0.3) is 0 Å². The first-order valence-corrected chi connectivity index (χ1v) is 6.46. The summed E-state index contributed by atoms with van der Waals surface area (Å²) in [7, 11) is 0. The second-order valence-electron chi connectivity index (χ2n) is 4.89. The van der Waals surface area contributed by atoms with Crippen molar-refractivity contribution in [3.05, 3.63) is 23.5 Å². The Balaban J connectivity index is 2.42.